The van der Waals surface area contributed by atoms with Crippen molar-refractivity contribution in [2.75, 3.05) is 7.05 Å². The van der Waals surface area contributed by atoms with Crippen LogP contribution in [0, 0.1) is 5.92 Å². The first-order valence-electron chi connectivity index (χ1n) is 4.01. The van der Waals surface area contributed by atoms with Crippen molar-refractivity contribution >= 4 is 19.9 Å². The Bertz CT molecular complexity index is 229. The van der Waals surface area contributed by atoms with E-state index in [9.17, 15) is 9.59 Å². The molecule has 0 spiro atoms. The fraction of sp³-hybridized carbons (Fsp3) is 0.714. The van der Waals surface area contributed by atoms with Crippen LogP contribution in [0.15, 0.2) is 0 Å². The van der Waals surface area contributed by atoms with Crippen molar-refractivity contribution in [1.29, 1.82) is 0 Å². The maximum Gasteiger partial charge on any atom is 0.314 e. The zero-order chi connectivity index (χ0) is 9.46. The number of carbonyl (C=O) groups is 2. The second-order valence-electron chi connectivity index (χ2n) is 3.48. The summed E-state index contributed by atoms with van der Waals surface area (Å²) in [6.07, 6.45) is 0. The van der Waals surface area contributed by atoms with E-state index in [1.54, 1.807) is 7.98 Å². The van der Waals surface area contributed by atoms with Crippen LogP contribution >= 0.6 is 0 Å². The summed E-state index contributed by atoms with van der Waals surface area (Å²) in [4.78, 5) is 25.4. The first-order chi connectivity index (χ1) is 5.46. The Morgan fingerprint density at radius 2 is 1.92 bits per heavy atom. The minimum atomic E-state index is -0.275. The van der Waals surface area contributed by atoms with Crippen molar-refractivity contribution in [3.05, 3.63) is 0 Å². The highest BCUT2D eigenvalue weighted by molar-refractivity contribution is 6.21. The van der Waals surface area contributed by atoms with Crippen molar-refractivity contribution in [3.63, 3.8) is 0 Å². The van der Waals surface area contributed by atoms with Gasteiger partial charge in [-0.15, -0.1) is 0 Å². The molecule has 0 saturated carbocycles. The van der Waals surface area contributed by atoms with Gasteiger partial charge in [0.05, 0.1) is 0 Å². The molecule has 1 unspecified atom stereocenters. The molecule has 0 radical (unpaired) electrons. The van der Waals surface area contributed by atoms with Crippen LogP contribution in [0.25, 0.3) is 0 Å². The normalized spacial score (nSPS) is 24.5. The molecule has 12 heavy (non-hydrogen) atoms. The molecular formula is C7H13BN2O2. The molecule has 1 atom stereocenters. The molecule has 1 aliphatic heterocycles. The topological polar surface area (TPSA) is 40.6 Å². The summed E-state index contributed by atoms with van der Waals surface area (Å²) in [5.74, 6) is 0.0777. The van der Waals surface area contributed by atoms with Gasteiger partial charge in [0.1, 0.15) is 6.04 Å². The lowest BCUT2D eigenvalue weighted by atomic mass is 10.0. The van der Waals surface area contributed by atoms with Gasteiger partial charge in [0.15, 0.2) is 0 Å². The fourth-order valence-corrected chi connectivity index (χ4v) is 1.55. The van der Waals surface area contributed by atoms with Crippen molar-refractivity contribution < 1.29 is 9.59 Å². The Balaban J connectivity index is 2.91. The summed E-state index contributed by atoms with van der Waals surface area (Å²) >= 11 is 0. The molecule has 1 heterocycles. The van der Waals surface area contributed by atoms with Gasteiger partial charge in [-0.25, -0.2) is 4.79 Å². The maximum absolute atomic E-state index is 11.4. The molecule has 0 aromatic heterocycles. The van der Waals surface area contributed by atoms with E-state index in [1.165, 1.54) is 16.8 Å². The second kappa shape index (κ2) is 2.81. The molecule has 0 aromatic carbocycles. The van der Waals surface area contributed by atoms with Crippen LogP contribution < -0.4 is 0 Å². The predicted molar refractivity (Wildman–Crippen MR) is 47.2 cm³/mol. The average Bonchev–Trinajstić information content (AvgIpc) is 2.16. The van der Waals surface area contributed by atoms with Crippen LogP contribution in [0.4, 0.5) is 4.79 Å². The van der Waals surface area contributed by atoms with Gasteiger partial charge in [0.25, 0.3) is 5.91 Å². The van der Waals surface area contributed by atoms with Gasteiger partial charge in [-0.2, -0.15) is 0 Å². The van der Waals surface area contributed by atoms with Gasteiger partial charge < -0.3 is 4.81 Å². The van der Waals surface area contributed by atoms with Crippen molar-refractivity contribution in [2.24, 2.45) is 5.92 Å². The van der Waals surface area contributed by atoms with Crippen LogP contribution in [0.1, 0.15) is 13.8 Å². The summed E-state index contributed by atoms with van der Waals surface area (Å²) in [6.45, 7) is 3.87. The zero-order valence-corrected chi connectivity index (χ0v) is 7.87. The van der Waals surface area contributed by atoms with Gasteiger partial charge in [-0.05, 0) is 5.92 Å². The Hall–Kier alpha value is -0.995. The molecule has 0 N–H and O–H groups in total. The van der Waals surface area contributed by atoms with Crippen molar-refractivity contribution in [2.45, 2.75) is 19.9 Å². The van der Waals surface area contributed by atoms with E-state index in [4.69, 9.17) is 0 Å². The largest absolute Gasteiger partial charge is 0.365 e. The van der Waals surface area contributed by atoms with Crippen LogP contribution in [-0.2, 0) is 4.79 Å². The van der Waals surface area contributed by atoms with E-state index in [-0.39, 0.29) is 23.9 Å². The number of likely N-dealkylation sites (N-methyl/N-ethyl adjacent to an activating group) is 1. The van der Waals surface area contributed by atoms with Crippen molar-refractivity contribution in [1.82, 2.24) is 9.71 Å². The van der Waals surface area contributed by atoms with Gasteiger partial charge in [-0.3, -0.25) is 9.69 Å². The molecule has 1 rings (SSSR count). The number of amides is 3. The monoisotopic (exact) mass is 168 g/mol. The van der Waals surface area contributed by atoms with Gasteiger partial charge >= 0.3 is 6.03 Å². The van der Waals surface area contributed by atoms with E-state index in [0.29, 0.717) is 0 Å². The number of urea groups is 1. The smallest absolute Gasteiger partial charge is 0.314 e. The third-order valence-corrected chi connectivity index (χ3v) is 2.22. The molecule has 3 amide bonds. The van der Waals surface area contributed by atoms with E-state index in [0.717, 1.165) is 0 Å². The van der Waals surface area contributed by atoms with E-state index in [2.05, 4.69) is 0 Å². The highest BCUT2D eigenvalue weighted by Crippen LogP contribution is 2.19. The number of rotatable bonds is 1. The van der Waals surface area contributed by atoms with E-state index >= 15 is 0 Å². The maximum atomic E-state index is 11.4. The molecule has 0 bridgehead atoms. The van der Waals surface area contributed by atoms with E-state index < -0.39 is 0 Å². The first kappa shape index (κ1) is 9.10. The molecule has 5 heteroatoms. The highest BCUT2D eigenvalue weighted by atomic mass is 16.2. The summed E-state index contributed by atoms with van der Waals surface area (Å²) in [6, 6.07) is -0.485. The minimum Gasteiger partial charge on any atom is -0.365 e. The molecule has 66 valence electrons. The molecule has 0 aliphatic carbocycles. The lowest BCUT2D eigenvalue weighted by molar-refractivity contribution is -0.127. The lowest BCUT2D eigenvalue weighted by Crippen LogP contribution is -2.36. The molecule has 1 saturated heterocycles. The van der Waals surface area contributed by atoms with Crippen LogP contribution in [0.3, 0.4) is 0 Å². The summed E-state index contributed by atoms with van der Waals surface area (Å²) in [5.41, 5.74) is 0. The van der Waals surface area contributed by atoms with Crippen molar-refractivity contribution in [3.8, 4) is 0 Å². The molecule has 4 nitrogen and oxygen atoms in total. The fourth-order valence-electron chi connectivity index (χ4n) is 1.55. The summed E-state index contributed by atoms with van der Waals surface area (Å²) in [7, 11) is 3.18. The highest BCUT2D eigenvalue weighted by Gasteiger charge is 2.41. The Labute approximate surface area is 72.9 Å². The number of carbonyl (C=O) groups excluding carboxylic acids is 2. The lowest BCUT2D eigenvalue weighted by Gasteiger charge is -2.19. The SMILES string of the molecule is BN1C(=O)N(C)C(=O)C1C(C)C. The second-order valence-corrected chi connectivity index (χ2v) is 3.48. The Morgan fingerprint density at radius 1 is 1.42 bits per heavy atom. The summed E-state index contributed by atoms with van der Waals surface area (Å²) in [5, 5.41) is 0. The predicted octanol–water partition coefficient (Wildman–Crippen LogP) is -0.547. The van der Waals surface area contributed by atoms with Gasteiger partial charge in [0, 0.05) is 7.05 Å². The third-order valence-electron chi connectivity index (χ3n) is 2.22. The standard InChI is InChI=1S/C7H13BN2O2/c1-4(2)5-6(11)9(3)7(12)10(5)8/h4-5H,8H2,1-3H3. The first-order valence-corrected chi connectivity index (χ1v) is 4.01. The average molecular weight is 168 g/mol. The molecular weight excluding hydrogens is 155 g/mol. The molecule has 1 aliphatic rings. The molecule has 1 fully saturated rings. The van der Waals surface area contributed by atoms with Crippen LogP contribution in [0.2, 0.25) is 0 Å². The number of imide groups is 1. The van der Waals surface area contributed by atoms with E-state index in [1.807, 2.05) is 13.8 Å². The Kier molecular flexibility index (Phi) is 2.13. The zero-order valence-electron chi connectivity index (χ0n) is 7.87. The van der Waals surface area contributed by atoms with Gasteiger partial charge in [0.2, 0.25) is 7.98 Å². The number of nitrogens with zero attached hydrogens (tertiary/aromatic N) is 2. The van der Waals surface area contributed by atoms with Gasteiger partial charge in [-0.1, -0.05) is 13.8 Å². The number of hydrogen-bond donors (Lipinski definition) is 0. The summed E-state index contributed by atoms with van der Waals surface area (Å²) < 4.78 is 0. The van der Waals surface area contributed by atoms with Crippen LogP contribution in [-0.4, -0.2) is 42.7 Å². The third kappa shape index (κ3) is 1.09. The minimum absolute atomic E-state index is 0.0995. The molecule has 0 aromatic rings. The number of hydrogen-bond acceptors (Lipinski definition) is 2. The van der Waals surface area contributed by atoms with Crippen LogP contribution in [0.5, 0.6) is 0 Å². The Morgan fingerprint density at radius 3 is 2.08 bits per heavy atom. The quantitative estimate of drug-likeness (QED) is 0.389.